The van der Waals surface area contributed by atoms with Crippen molar-refractivity contribution in [3.63, 3.8) is 0 Å². The van der Waals surface area contributed by atoms with Crippen LogP contribution in [0.3, 0.4) is 0 Å². The van der Waals surface area contributed by atoms with Crippen molar-refractivity contribution in [2.24, 2.45) is 0 Å². The predicted octanol–water partition coefficient (Wildman–Crippen LogP) is 4.50. The third kappa shape index (κ3) is 4.39. The minimum Gasteiger partial charge on any atom is -0.410 e. The molecule has 0 unspecified atom stereocenters. The Kier molecular flexibility index (Phi) is 5.41. The Bertz CT molecular complexity index is 923. The molecule has 3 aromatic rings. The highest BCUT2D eigenvalue weighted by Gasteiger charge is 2.16. The molecule has 2 heterocycles. The molecule has 0 spiro atoms. The van der Waals surface area contributed by atoms with Crippen molar-refractivity contribution in [1.82, 2.24) is 15.2 Å². The lowest BCUT2D eigenvalue weighted by Gasteiger charge is -2.05. The first-order valence-corrected chi connectivity index (χ1v) is 9.57. The van der Waals surface area contributed by atoms with Crippen LogP contribution in [0.15, 0.2) is 27.8 Å². The zero-order chi connectivity index (χ0) is 18.0. The van der Waals surface area contributed by atoms with E-state index in [0.717, 1.165) is 21.1 Å². The number of aromatic nitrogens is 3. The van der Waals surface area contributed by atoms with Crippen LogP contribution in [0, 0.1) is 20.8 Å². The summed E-state index contributed by atoms with van der Waals surface area (Å²) in [7, 11) is 0. The molecule has 6 nitrogen and oxygen atoms in total. The quantitative estimate of drug-likeness (QED) is 0.641. The molecule has 0 atom stereocenters. The van der Waals surface area contributed by atoms with Gasteiger partial charge in [-0.05, 0) is 38.5 Å². The van der Waals surface area contributed by atoms with Crippen molar-refractivity contribution < 1.29 is 9.21 Å². The van der Waals surface area contributed by atoms with E-state index in [2.05, 4.69) is 20.5 Å². The summed E-state index contributed by atoms with van der Waals surface area (Å²) >= 11 is 8.73. The van der Waals surface area contributed by atoms with Gasteiger partial charge in [-0.3, -0.25) is 4.79 Å². The van der Waals surface area contributed by atoms with E-state index in [1.165, 1.54) is 23.1 Å². The number of hydrogen-bond donors (Lipinski definition) is 1. The van der Waals surface area contributed by atoms with Crippen LogP contribution in [0.5, 0.6) is 0 Å². The van der Waals surface area contributed by atoms with Gasteiger partial charge in [0.25, 0.3) is 11.1 Å². The second-order valence-electron chi connectivity index (χ2n) is 5.32. The summed E-state index contributed by atoms with van der Waals surface area (Å²) in [5, 5.41) is 12.7. The van der Waals surface area contributed by atoms with Gasteiger partial charge in [-0.25, -0.2) is 4.98 Å². The minimum absolute atomic E-state index is 0.161. The number of hydrogen-bond acceptors (Lipinski definition) is 7. The average molecular weight is 395 g/mol. The Hall–Kier alpha value is -1.90. The SMILES string of the molecule is Cc1nc(C)c(-c2nnc(SCC(=O)Nc3ccc(C)c(Cl)c3)o2)s1. The van der Waals surface area contributed by atoms with Gasteiger partial charge in [-0.15, -0.1) is 21.5 Å². The number of rotatable bonds is 5. The van der Waals surface area contributed by atoms with Crippen molar-refractivity contribution in [3.05, 3.63) is 39.5 Å². The first kappa shape index (κ1) is 17.9. The van der Waals surface area contributed by atoms with Crippen LogP contribution >= 0.6 is 34.7 Å². The van der Waals surface area contributed by atoms with E-state index in [-0.39, 0.29) is 11.7 Å². The lowest BCUT2D eigenvalue weighted by atomic mass is 10.2. The normalized spacial score (nSPS) is 10.9. The standard InChI is InChI=1S/C16H15ClN4O2S2/c1-8-4-5-11(6-12(8)17)19-13(22)7-24-16-21-20-15(23-16)14-9(2)18-10(3)25-14/h4-6H,7H2,1-3H3,(H,19,22). The van der Waals surface area contributed by atoms with Gasteiger partial charge in [0.2, 0.25) is 5.91 Å². The average Bonchev–Trinajstić information content (AvgIpc) is 3.15. The first-order chi connectivity index (χ1) is 11.9. The van der Waals surface area contributed by atoms with E-state index < -0.39 is 0 Å². The van der Waals surface area contributed by atoms with Crippen molar-refractivity contribution in [2.75, 3.05) is 11.1 Å². The molecule has 2 aromatic heterocycles. The molecule has 0 saturated carbocycles. The summed E-state index contributed by atoms with van der Waals surface area (Å²) in [6, 6.07) is 5.39. The van der Waals surface area contributed by atoms with Crippen LogP contribution in [0.2, 0.25) is 5.02 Å². The van der Waals surface area contributed by atoms with Gasteiger partial charge < -0.3 is 9.73 Å². The van der Waals surface area contributed by atoms with Crippen LogP contribution in [0.4, 0.5) is 5.69 Å². The van der Waals surface area contributed by atoms with Crippen LogP contribution in [-0.4, -0.2) is 26.8 Å². The Morgan fingerprint density at radius 2 is 2.12 bits per heavy atom. The van der Waals surface area contributed by atoms with E-state index in [4.69, 9.17) is 16.0 Å². The fourth-order valence-electron chi connectivity index (χ4n) is 2.08. The molecule has 130 valence electrons. The van der Waals surface area contributed by atoms with Gasteiger partial charge in [-0.2, -0.15) is 0 Å². The predicted molar refractivity (Wildman–Crippen MR) is 100 cm³/mol. The summed E-state index contributed by atoms with van der Waals surface area (Å²) in [6.07, 6.45) is 0. The number of halogens is 1. The number of nitrogens with zero attached hydrogens (tertiary/aromatic N) is 3. The molecule has 1 aromatic carbocycles. The van der Waals surface area contributed by atoms with Crippen molar-refractivity contribution in [2.45, 2.75) is 26.0 Å². The number of aryl methyl sites for hydroxylation is 3. The number of carbonyl (C=O) groups is 1. The summed E-state index contributed by atoms with van der Waals surface area (Å²) in [6.45, 7) is 5.73. The Labute approximate surface area is 158 Å². The molecule has 1 N–H and O–H groups in total. The lowest BCUT2D eigenvalue weighted by molar-refractivity contribution is -0.113. The zero-order valence-electron chi connectivity index (χ0n) is 13.8. The van der Waals surface area contributed by atoms with Crippen LogP contribution in [-0.2, 0) is 4.79 Å². The number of thioether (sulfide) groups is 1. The molecule has 0 aliphatic heterocycles. The van der Waals surface area contributed by atoms with Crippen LogP contribution in [0.1, 0.15) is 16.3 Å². The summed E-state index contributed by atoms with van der Waals surface area (Å²) in [4.78, 5) is 17.2. The maximum atomic E-state index is 12.0. The molecule has 0 aliphatic carbocycles. The van der Waals surface area contributed by atoms with E-state index in [1.54, 1.807) is 6.07 Å². The third-order valence-electron chi connectivity index (χ3n) is 3.29. The number of anilines is 1. The highest BCUT2D eigenvalue weighted by atomic mass is 35.5. The molecular formula is C16H15ClN4O2S2. The maximum absolute atomic E-state index is 12.0. The molecule has 1 amide bonds. The summed E-state index contributed by atoms with van der Waals surface area (Å²) < 4.78 is 5.61. The highest BCUT2D eigenvalue weighted by Crippen LogP contribution is 2.30. The molecule has 0 fully saturated rings. The smallest absolute Gasteiger partial charge is 0.277 e. The first-order valence-electron chi connectivity index (χ1n) is 7.39. The zero-order valence-corrected chi connectivity index (χ0v) is 16.2. The molecule has 0 bridgehead atoms. The van der Waals surface area contributed by atoms with Crippen molar-refractivity contribution >= 4 is 46.3 Å². The fraction of sp³-hybridized carbons (Fsp3) is 0.250. The Morgan fingerprint density at radius 1 is 1.32 bits per heavy atom. The number of nitrogens with one attached hydrogen (secondary N) is 1. The van der Waals surface area contributed by atoms with E-state index in [1.807, 2.05) is 32.9 Å². The van der Waals surface area contributed by atoms with Gasteiger partial charge in [0.15, 0.2) is 0 Å². The Morgan fingerprint density at radius 3 is 2.80 bits per heavy atom. The summed E-state index contributed by atoms with van der Waals surface area (Å²) in [5.74, 6) is 0.416. The monoisotopic (exact) mass is 394 g/mol. The van der Waals surface area contributed by atoms with Gasteiger partial charge in [0.05, 0.1) is 16.5 Å². The molecule has 25 heavy (non-hydrogen) atoms. The molecule has 0 aliphatic rings. The van der Waals surface area contributed by atoms with Crippen molar-refractivity contribution in [1.29, 1.82) is 0 Å². The summed E-state index contributed by atoms with van der Waals surface area (Å²) in [5.41, 5.74) is 2.47. The topological polar surface area (TPSA) is 80.9 Å². The van der Waals surface area contributed by atoms with E-state index >= 15 is 0 Å². The number of carbonyl (C=O) groups excluding carboxylic acids is 1. The second kappa shape index (κ2) is 7.55. The second-order valence-corrected chi connectivity index (χ2v) is 7.86. The highest BCUT2D eigenvalue weighted by molar-refractivity contribution is 7.99. The number of amides is 1. The van der Waals surface area contributed by atoms with Crippen molar-refractivity contribution in [3.8, 4) is 10.8 Å². The molecule has 3 rings (SSSR count). The number of thiazole rings is 1. The minimum atomic E-state index is -0.172. The maximum Gasteiger partial charge on any atom is 0.277 e. The fourth-order valence-corrected chi connectivity index (χ4v) is 3.67. The van der Waals surface area contributed by atoms with Gasteiger partial charge in [0.1, 0.15) is 4.88 Å². The van der Waals surface area contributed by atoms with Gasteiger partial charge in [-0.1, -0.05) is 29.4 Å². The van der Waals surface area contributed by atoms with Crippen LogP contribution in [0.25, 0.3) is 10.8 Å². The molecule has 9 heteroatoms. The van der Waals surface area contributed by atoms with E-state index in [9.17, 15) is 4.79 Å². The van der Waals surface area contributed by atoms with Gasteiger partial charge >= 0.3 is 0 Å². The van der Waals surface area contributed by atoms with E-state index in [0.29, 0.717) is 21.8 Å². The third-order valence-corrected chi connectivity index (χ3v) is 5.57. The lowest BCUT2D eigenvalue weighted by Crippen LogP contribution is -2.14. The molecule has 0 radical (unpaired) electrons. The van der Waals surface area contributed by atoms with Gasteiger partial charge in [0, 0.05) is 10.7 Å². The number of benzene rings is 1. The molecule has 0 saturated heterocycles. The molecular weight excluding hydrogens is 380 g/mol. The Balaban J connectivity index is 1.59. The largest absolute Gasteiger partial charge is 0.410 e. The van der Waals surface area contributed by atoms with Crippen LogP contribution < -0.4 is 5.32 Å².